The number of rotatable bonds is 3. The van der Waals surface area contributed by atoms with Crippen molar-refractivity contribution in [1.82, 2.24) is 14.5 Å². The van der Waals surface area contributed by atoms with Crippen LogP contribution in [0.3, 0.4) is 0 Å². The van der Waals surface area contributed by atoms with Crippen molar-refractivity contribution in [3.8, 4) is 0 Å². The van der Waals surface area contributed by atoms with E-state index in [0.717, 1.165) is 25.7 Å². The zero-order valence-electron chi connectivity index (χ0n) is 9.83. The number of nitrogens with one attached hydrogen (secondary N) is 1. The molecular weight excluding hydrogens is 240 g/mol. The van der Waals surface area contributed by atoms with E-state index in [0.29, 0.717) is 0 Å². The minimum absolute atomic E-state index is 0.0737. The van der Waals surface area contributed by atoms with Crippen molar-refractivity contribution >= 4 is 10.0 Å². The van der Waals surface area contributed by atoms with Gasteiger partial charge in [-0.3, -0.25) is 5.10 Å². The predicted octanol–water partition coefficient (Wildman–Crippen LogP) is 0.300. The second kappa shape index (κ2) is 4.75. The van der Waals surface area contributed by atoms with Crippen LogP contribution in [0.2, 0.25) is 0 Å². The zero-order chi connectivity index (χ0) is 12.5. The van der Waals surface area contributed by atoms with Crippen molar-refractivity contribution in [2.45, 2.75) is 42.7 Å². The fourth-order valence-electron chi connectivity index (χ4n) is 2.32. The Balaban J connectivity index is 2.22. The number of nitrogens with zero attached hydrogens (tertiary/aromatic N) is 2. The molecule has 0 aromatic carbocycles. The molecule has 0 radical (unpaired) electrons. The molecule has 2 unspecified atom stereocenters. The van der Waals surface area contributed by atoms with Gasteiger partial charge in [-0.25, -0.2) is 8.42 Å². The fraction of sp³-hybridized carbons (Fsp3) is 0.700. The molecule has 3 N–H and O–H groups in total. The molecule has 0 bridgehead atoms. The molecule has 7 heteroatoms. The molecule has 0 amide bonds. The summed E-state index contributed by atoms with van der Waals surface area (Å²) in [5.74, 6) is 0. The normalized spacial score (nSPS) is 26.3. The largest absolute Gasteiger partial charge is 0.326 e. The van der Waals surface area contributed by atoms with E-state index in [1.807, 2.05) is 0 Å². The van der Waals surface area contributed by atoms with Crippen LogP contribution in [0.1, 0.15) is 25.7 Å². The molecule has 1 fully saturated rings. The second-order valence-corrected chi connectivity index (χ2v) is 6.47. The summed E-state index contributed by atoms with van der Waals surface area (Å²) in [5.41, 5.74) is 6.00. The molecule has 1 aromatic heterocycles. The molecule has 2 rings (SSSR count). The SMILES string of the molecule is CN(C1CCCCC1N)S(=O)(=O)c1cn[nH]c1. The standard InChI is InChI=1S/C10H18N4O2S/c1-14(10-5-3-2-4-9(10)11)17(15,16)8-6-12-13-7-8/h6-7,9-10H,2-5,11H2,1H3,(H,12,13). The highest BCUT2D eigenvalue weighted by atomic mass is 32.2. The van der Waals surface area contributed by atoms with Gasteiger partial charge in [0.2, 0.25) is 10.0 Å². The van der Waals surface area contributed by atoms with Crippen molar-refractivity contribution in [2.24, 2.45) is 5.73 Å². The van der Waals surface area contributed by atoms with Gasteiger partial charge in [0.05, 0.1) is 6.20 Å². The Hall–Kier alpha value is -0.920. The van der Waals surface area contributed by atoms with E-state index in [2.05, 4.69) is 10.2 Å². The number of sulfonamides is 1. The maximum Gasteiger partial charge on any atom is 0.246 e. The van der Waals surface area contributed by atoms with E-state index in [-0.39, 0.29) is 17.0 Å². The van der Waals surface area contributed by atoms with E-state index in [1.54, 1.807) is 7.05 Å². The minimum atomic E-state index is -3.47. The summed E-state index contributed by atoms with van der Waals surface area (Å²) in [4.78, 5) is 0.192. The second-order valence-electron chi connectivity index (χ2n) is 4.47. The third-order valence-corrected chi connectivity index (χ3v) is 5.25. The van der Waals surface area contributed by atoms with Crippen LogP contribution in [0.15, 0.2) is 17.3 Å². The summed E-state index contributed by atoms with van der Waals surface area (Å²) >= 11 is 0. The lowest BCUT2D eigenvalue weighted by atomic mass is 9.91. The van der Waals surface area contributed by atoms with Gasteiger partial charge in [-0.15, -0.1) is 0 Å². The van der Waals surface area contributed by atoms with E-state index >= 15 is 0 Å². The lowest BCUT2D eigenvalue weighted by molar-refractivity contribution is 0.252. The first-order valence-electron chi connectivity index (χ1n) is 5.76. The highest BCUT2D eigenvalue weighted by molar-refractivity contribution is 7.89. The number of hydrogen-bond acceptors (Lipinski definition) is 4. The summed E-state index contributed by atoms with van der Waals surface area (Å²) in [6.07, 6.45) is 6.53. The highest BCUT2D eigenvalue weighted by Gasteiger charge is 2.33. The van der Waals surface area contributed by atoms with E-state index < -0.39 is 10.0 Å². The van der Waals surface area contributed by atoms with Crippen LogP contribution in [-0.4, -0.2) is 42.1 Å². The topological polar surface area (TPSA) is 92.1 Å². The molecule has 1 aliphatic rings. The van der Waals surface area contributed by atoms with Crippen molar-refractivity contribution in [2.75, 3.05) is 7.05 Å². The van der Waals surface area contributed by atoms with Gasteiger partial charge >= 0.3 is 0 Å². The van der Waals surface area contributed by atoms with Crippen LogP contribution in [0, 0.1) is 0 Å². The van der Waals surface area contributed by atoms with Crippen LogP contribution in [0.25, 0.3) is 0 Å². The first-order chi connectivity index (χ1) is 8.03. The van der Waals surface area contributed by atoms with E-state index in [1.165, 1.54) is 16.7 Å². The van der Waals surface area contributed by atoms with Gasteiger partial charge in [-0.2, -0.15) is 9.40 Å². The monoisotopic (exact) mass is 258 g/mol. The molecular formula is C10H18N4O2S. The fourth-order valence-corrected chi connectivity index (χ4v) is 3.65. The number of H-pyrrole nitrogens is 1. The first kappa shape index (κ1) is 12.5. The molecule has 96 valence electrons. The van der Waals surface area contributed by atoms with E-state index in [4.69, 9.17) is 5.73 Å². The summed E-state index contributed by atoms with van der Waals surface area (Å²) in [6, 6.07) is -0.181. The van der Waals surface area contributed by atoms with Gasteiger partial charge < -0.3 is 5.73 Å². The molecule has 0 spiro atoms. The highest BCUT2D eigenvalue weighted by Crippen LogP contribution is 2.25. The Labute approximate surface area is 101 Å². The lowest BCUT2D eigenvalue weighted by Crippen LogP contribution is -2.49. The Morgan fingerprint density at radius 1 is 1.47 bits per heavy atom. The molecule has 1 saturated carbocycles. The Morgan fingerprint density at radius 3 is 2.76 bits per heavy atom. The Kier molecular flexibility index (Phi) is 3.50. The van der Waals surface area contributed by atoms with Crippen molar-refractivity contribution < 1.29 is 8.42 Å². The van der Waals surface area contributed by atoms with Crippen LogP contribution >= 0.6 is 0 Å². The molecule has 1 heterocycles. The molecule has 17 heavy (non-hydrogen) atoms. The summed E-state index contributed by atoms with van der Waals surface area (Å²) < 4.78 is 25.9. The van der Waals surface area contributed by atoms with Gasteiger partial charge in [-0.1, -0.05) is 12.8 Å². The number of hydrogen-bond donors (Lipinski definition) is 2. The van der Waals surface area contributed by atoms with Gasteiger partial charge in [0.15, 0.2) is 0 Å². The number of aromatic nitrogens is 2. The van der Waals surface area contributed by atoms with Crippen molar-refractivity contribution in [3.63, 3.8) is 0 Å². The minimum Gasteiger partial charge on any atom is -0.326 e. The average molecular weight is 258 g/mol. The smallest absolute Gasteiger partial charge is 0.246 e. The first-order valence-corrected chi connectivity index (χ1v) is 7.20. The Morgan fingerprint density at radius 2 is 2.18 bits per heavy atom. The number of aromatic amines is 1. The quantitative estimate of drug-likeness (QED) is 0.815. The van der Waals surface area contributed by atoms with Gasteiger partial charge in [0.1, 0.15) is 4.90 Å². The third-order valence-electron chi connectivity index (χ3n) is 3.40. The van der Waals surface area contributed by atoms with Crippen molar-refractivity contribution in [3.05, 3.63) is 12.4 Å². The number of likely N-dealkylation sites (N-methyl/N-ethyl adjacent to an activating group) is 1. The summed E-state index contributed by atoms with van der Waals surface area (Å²) in [6.45, 7) is 0. The zero-order valence-corrected chi connectivity index (χ0v) is 10.7. The van der Waals surface area contributed by atoms with Gasteiger partial charge in [0.25, 0.3) is 0 Å². The van der Waals surface area contributed by atoms with E-state index in [9.17, 15) is 8.42 Å². The molecule has 0 aliphatic heterocycles. The maximum atomic E-state index is 12.2. The molecule has 6 nitrogen and oxygen atoms in total. The molecule has 0 saturated heterocycles. The van der Waals surface area contributed by atoms with Crippen molar-refractivity contribution in [1.29, 1.82) is 0 Å². The molecule has 1 aliphatic carbocycles. The third kappa shape index (κ3) is 2.36. The van der Waals surface area contributed by atoms with Crippen LogP contribution in [0.4, 0.5) is 0 Å². The summed E-state index contributed by atoms with van der Waals surface area (Å²) in [7, 11) is -1.87. The Bertz CT molecular complexity index is 457. The maximum absolute atomic E-state index is 12.2. The number of nitrogens with two attached hydrogens (primary N) is 1. The lowest BCUT2D eigenvalue weighted by Gasteiger charge is -2.34. The van der Waals surface area contributed by atoms with Crippen LogP contribution in [-0.2, 0) is 10.0 Å². The van der Waals surface area contributed by atoms with Gasteiger partial charge in [0, 0.05) is 25.3 Å². The average Bonchev–Trinajstić information content (AvgIpc) is 2.83. The van der Waals surface area contributed by atoms with Crippen LogP contribution in [0.5, 0.6) is 0 Å². The van der Waals surface area contributed by atoms with Gasteiger partial charge in [-0.05, 0) is 12.8 Å². The summed E-state index contributed by atoms with van der Waals surface area (Å²) in [5, 5.41) is 6.19. The predicted molar refractivity (Wildman–Crippen MR) is 63.8 cm³/mol. The molecule has 2 atom stereocenters. The van der Waals surface area contributed by atoms with Crippen LogP contribution < -0.4 is 5.73 Å². The molecule has 1 aromatic rings.